The quantitative estimate of drug-likeness (QED) is 0.574. The molecule has 1 aliphatic rings. The van der Waals surface area contributed by atoms with Crippen LogP contribution in [0, 0.1) is 5.92 Å². The Morgan fingerprint density at radius 3 is 2.40 bits per heavy atom. The fraction of sp³-hybridized carbons (Fsp3) is 1.00. The molecule has 1 atom stereocenters. The van der Waals surface area contributed by atoms with Crippen LogP contribution in [-0.2, 0) is 0 Å². The minimum Gasteiger partial charge on any atom is -0.315 e. The van der Waals surface area contributed by atoms with Crippen molar-refractivity contribution >= 4 is 0 Å². The molecule has 90 valence electrons. The first kappa shape index (κ1) is 13.0. The van der Waals surface area contributed by atoms with E-state index in [0.717, 1.165) is 12.0 Å². The molecule has 2 heteroatoms. The molecule has 0 aromatic heterocycles. The maximum absolute atomic E-state index is 3.57. The van der Waals surface area contributed by atoms with E-state index in [4.69, 9.17) is 0 Å². The number of rotatable bonds is 9. The van der Waals surface area contributed by atoms with Gasteiger partial charge in [0.25, 0.3) is 0 Å². The second kappa shape index (κ2) is 7.24. The lowest BCUT2D eigenvalue weighted by Gasteiger charge is -2.13. The molecular formula is C13H28N2. The lowest BCUT2D eigenvalue weighted by atomic mass is 10.0. The molecule has 1 rings (SSSR count). The van der Waals surface area contributed by atoms with Crippen molar-refractivity contribution in [3.8, 4) is 0 Å². The molecule has 0 aromatic carbocycles. The lowest BCUT2D eigenvalue weighted by molar-refractivity contribution is 0.436. The van der Waals surface area contributed by atoms with Gasteiger partial charge in [-0.2, -0.15) is 0 Å². The summed E-state index contributed by atoms with van der Waals surface area (Å²) in [4.78, 5) is 0. The van der Waals surface area contributed by atoms with Crippen LogP contribution in [-0.4, -0.2) is 25.2 Å². The van der Waals surface area contributed by atoms with Gasteiger partial charge in [0.05, 0.1) is 0 Å². The summed E-state index contributed by atoms with van der Waals surface area (Å²) in [5.74, 6) is 0.872. The summed E-state index contributed by atoms with van der Waals surface area (Å²) >= 11 is 0. The minimum atomic E-state index is 0.633. The number of hydrogen-bond donors (Lipinski definition) is 2. The third-order valence-electron chi connectivity index (χ3n) is 3.07. The van der Waals surface area contributed by atoms with Gasteiger partial charge in [0.15, 0.2) is 0 Å². The van der Waals surface area contributed by atoms with Crippen LogP contribution in [0.2, 0.25) is 0 Å². The number of nitrogens with one attached hydrogen (secondary N) is 2. The molecule has 0 amide bonds. The van der Waals surface area contributed by atoms with E-state index in [1.807, 2.05) is 0 Å². The Balaban J connectivity index is 1.81. The number of hydrogen-bond acceptors (Lipinski definition) is 2. The molecule has 1 fully saturated rings. The van der Waals surface area contributed by atoms with Gasteiger partial charge in [0.2, 0.25) is 0 Å². The van der Waals surface area contributed by atoms with Crippen molar-refractivity contribution in [2.45, 2.75) is 65.0 Å². The van der Waals surface area contributed by atoms with Crippen LogP contribution in [0.25, 0.3) is 0 Å². The Morgan fingerprint density at radius 2 is 1.80 bits per heavy atom. The summed E-state index contributed by atoms with van der Waals surface area (Å²) in [6, 6.07) is 1.51. The maximum atomic E-state index is 3.57. The van der Waals surface area contributed by atoms with Crippen LogP contribution in [0.5, 0.6) is 0 Å². The summed E-state index contributed by atoms with van der Waals surface area (Å²) in [5.41, 5.74) is 0. The van der Waals surface area contributed by atoms with Crippen molar-refractivity contribution in [2.24, 2.45) is 5.92 Å². The van der Waals surface area contributed by atoms with E-state index < -0.39 is 0 Å². The van der Waals surface area contributed by atoms with Crippen LogP contribution in [0.1, 0.15) is 52.9 Å². The molecule has 1 unspecified atom stereocenters. The summed E-state index contributed by atoms with van der Waals surface area (Å²) in [5, 5.41) is 7.05. The molecular weight excluding hydrogens is 184 g/mol. The van der Waals surface area contributed by atoms with Gasteiger partial charge in [-0.1, -0.05) is 20.8 Å². The van der Waals surface area contributed by atoms with Crippen molar-refractivity contribution in [1.82, 2.24) is 10.6 Å². The average Bonchev–Trinajstić information content (AvgIpc) is 2.95. The molecule has 2 nitrogen and oxygen atoms in total. The van der Waals surface area contributed by atoms with Gasteiger partial charge in [-0.25, -0.2) is 0 Å². The molecule has 0 radical (unpaired) electrons. The van der Waals surface area contributed by atoms with Crippen LogP contribution < -0.4 is 10.6 Å². The van der Waals surface area contributed by atoms with Crippen molar-refractivity contribution < 1.29 is 0 Å². The highest BCUT2D eigenvalue weighted by Gasteiger charge is 2.19. The molecule has 1 aliphatic carbocycles. The monoisotopic (exact) mass is 212 g/mol. The molecule has 0 heterocycles. The summed E-state index contributed by atoms with van der Waals surface area (Å²) in [6.45, 7) is 9.20. The third-order valence-corrected chi connectivity index (χ3v) is 3.07. The van der Waals surface area contributed by atoms with Gasteiger partial charge in [-0.05, 0) is 51.1 Å². The van der Waals surface area contributed by atoms with E-state index in [0.29, 0.717) is 6.04 Å². The van der Waals surface area contributed by atoms with Gasteiger partial charge in [-0.3, -0.25) is 0 Å². The molecule has 15 heavy (non-hydrogen) atoms. The maximum Gasteiger partial charge on any atom is 0.00682 e. The van der Waals surface area contributed by atoms with Gasteiger partial charge in [-0.15, -0.1) is 0 Å². The van der Waals surface area contributed by atoms with Gasteiger partial charge in [0.1, 0.15) is 0 Å². The Hall–Kier alpha value is -0.0800. The zero-order valence-electron chi connectivity index (χ0n) is 10.7. The van der Waals surface area contributed by atoms with Crippen LogP contribution in [0.3, 0.4) is 0 Å². The standard InChI is InChI=1S/C13H28N2/c1-11(2)14-10-8-12(3)5-4-9-15-13-6-7-13/h11-15H,4-10H2,1-3H3. The van der Waals surface area contributed by atoms with E-state index in [2.05, 4.69) is 31.4 Å². The molecule has 0 spiro atoms. The smallest absolute Gasteiger partial charge is 0.00682 e. The van der Waals surface area contributed by atoms with Gasteiger partial charge in [0, 0.05) is 12.1 Å². The highest BCUT2D eigenvalue weighted by Crippen LogP contribution is 2.18. The van der Waals surface area contributed by atoms with E-state index in [9.17, 15) is 0 Å². The predicted molar refractivity (Wildman–Crippen MR) is 67.2 cm³/mol. The van der Waals surface area contributed by atoms with Crippen LogP contribution in [0.15, 0.2) is 0 Å². The second-order valence-electron chi connectivity index (χ2n) is 5.37. The molecule has 0 aromatic rings. The Bertz CT molecular complexity index is 153. The highest BCUT2D eigenvalue weighted by molar-refractivity contribution is 4.80. The highest BCUT2D eigenvalue weighted by atomic mass is 14.9. The first-order chi connectivity index (χ1) is 7.18. The Labute approximate surface area is 95.2 Å². The van der Waals surface area contributed by atoms with Crippen LogP contribution >= 0.6 is 0 Å². The van der Waals surface area contributed by atoms with Gasteiger partial charge >= 0.3 is 0 Å². The molecule has 1 saturated carbocycles. The van der Waals surface area contributed by atoms with E-state index in [1.54, 1.807) is 0 Å². The minimum absolute atomic E-state index is 0.633. The molecule has 2 N–H and O–H groups in total. The van der Waals surface area contributed by atoms with Crippen molar-refractivity contribution in [1.29, 1.82) is 0 Å². The Morgan fingerprint density at radius 1 is 1.07 bits per heavy atom. The largest absolute Gasteiger partial charge is 0.315 e. The SMILES string of the molecule is CC(CCCNC1CC1)CCNC(C)C. The van der Waals surface area contributed by atoms with E-state index in [1.165, 1.54) is 45.2 Å². The molecule has 0 aliphatic heterocycles. The average molecular weight is 212 g/mol. The summed E-state index contributed by atoms with van der Waals surface area (Å²) < 4.78 is 0. The fourth-order valence-electron chi connectivity index (χ4n) is 1.81. The normalized spacial score (nSPS) is 18.4. The van der Waals surface area contributed by atoms with Gasteiger partial charge < -0.3 is 10.6 Å². The first-order valence-electron chi connectivity index (χ1n) is 6.65. The van der Waals surface area contributed by atoms with Crippen molar-refractivity contribution in [3.05, 3.63) is 0 Å². The van der Waals surface area contributed by atoms with E-state index in [-0.39, 0.29) is 0 Å². The molecule has 0 saturated heterocycles. The van der Waals surface area contributed by atoms with E-state index >= 15 is 0 Å². The Kier molecular flexibility index (Phi) is 6.26. The zero-order chi connectivity index (χ0) is 11.1. The summed E-state index contributed by atoms with van der Waals surface area (Å²) in [7, 11) is 0. The topological polar surface area (TPSA) is 24.1 Å². The van der Waals surface area contributed by atoms with Crippen molar-refractivity contribution in [3.63, 3.8) is 0 Å². The van der Waals surface area contributed by atoms with Crippen LogP contribution in [0.4, 0.5) is 0 Å². The van der Waals surface area contributed by atoms with Crippen molar-refractivity contribution in [2.75, 3.05) is 13.1 Å². The third kappa shape index (κ3) is 7.80. The molecule has 0 bridgehead atoms. The lowest BCUT2D eigenvalue weighted by Crippen LogP contribution is -2.25. The predicted octanol–water partition coefficient (Wildman–Crippen LogP) is 2.54. The first-order valence-corrected chi connectivity index (χ1v) is 6.65. The summed E-state index contributed by atoms with van der Waals surface area (Å²) in [6.07, 6.45) is 6.86. The zero-order valence-corrected chi connectivity index (χ0v) is 10.7. The second-order valence-corrected chi connectivity index (χ2v) is 5.37. The fourth-order valence-corrected chi connectivity index (χ4v) is 1.81.